The molecular formula is C22H26N2O3S. The molecule has 0 bridgehead atoms. The summed E-state index contributed by atoms with van der Waals surface area (Å²) in [6, 6.07) is 19.6. The predicted octanol–water partition coefficient (Wildman–Crippen LogP) is 3.37. The van der Waals surface area contributed by atoms with Crippen LogP contribution < -0.4 is 4.72 Å². The van der Waals surface area contributed by atoms with E-state index in [1.807, 2.05) is 53.4 Å². The fourth-order valence-electron chi connectivity index (χ4n) is 3.43. The molecule has 0 saturated carbocycles. The number of carbonyl (C=O) groups is 1. The van der Waals surface area contributed by atoms with Crippen LogP contribution in [0.15, 0.2) is 66.1 Å². The van der Waals surface area contributed by atoms with Crippen LogP contribution in [0.5, 0.6) is 0 Å². The number of benzene rings is 2. The zero-order chi connectivity index (χ0) is 19.8. The van der Waals surface area contributed by atoms with Gasteiger partial charge in [-0.15, -0.1) is 0 Å². The van der Waals surface area contributed by atoms with Gasteiger partial charge in [0.05, 0.1) is 0 Å². The third-order valence-corrected chi connectivity index (χ3v) is 6.10. The molecule has 0 unspecified atom stereocenters. The number of sulfonamides is 1. The molecule has 0 aromatic heterocycles. The summed E-state index contributed by atoms with van der Waals surface area (Å²) < 4.78 is 26.5. The highest BCUT2D eigenvalue weighted by Crippen LogP contribution is 2.27. The minimum atomic E-state index is -3.55. The van der Waals surface area contributed by atoms with Gasteiger partial charge in [-0.2, -0.15) is 0 Å². The van der Waals surface area contributed by atoms with Crippen molar-refractivity contribution < 1.29 is 13.2 Å². The highest BCUT2D eigenvalue weighted by molar-refractivity contribution is 7.92. The molecule has 3 rings (SSSR count). The van der Waals surface area contributed by atoms with Crippen molar-refractivity contribution in [3.05, 3.63) is 77.2 Å². The van der Waals surface area contributed by atoms with Gasteiger partial charge >= 0.3 is 0 Å². The summed E-state index contributed by atoms with van der Waals surface area (Å²) in [4.78, 5) is 14.2. The Bertz CT molecular complexity index is 888. The van der Waals surface area contributed by atoms with E-state index in [0.717, 1.165) is 36.9 Å². The maximum Gasteiger partial charge on any atom is 0.233 e. The maximum absolute atomic E-state index is 12.4. The van der Waals surface area contributed by atoms with Gasteiger partial charge in [0.2, 0.25) is 15.9 Å². The fraction of sp³-hybridized carbons (Fsp3) is 0.318. The van der Waals surface area contributed by atoms with Crippen LogP contribution in [0.4, 0.5) is 0 Å². The zero-order valence-electron chi connectivity index (χ0n) is 15.8. The lowest BCUT2D eigenvalue weighted by Crippen LogP contribution is -2.39. The monoisotopic (exact) mass is 398 g/mol. The summed E-state index contributed by atoms with van der Waals surface area (Å²) in [5.74, 6) is 0.494. The van der Waals surface area contributed by atoms with Crippen LogP contribution in [0.2, 0.25) is 0 Å². The number of hydrogen-bond donors (Lipinski definition) is 1. The molecule has 148 valence electrons. The molecule has 0 radical (unpaired) electrons. The summed E-state index contributed by atoms with van der Waals surface area (Å²) in [6.45, 7) is 1.55. The van der Waals surface area contributed by atoms with E-state index >= 15 is 0 Å². The number of nitrogens with one attached hydrogen (secondary N) is 1. The second kappa shape index (κ2) is 9.66. The van der Waals surface area contributed by atoms with E-state index < -0.39 is 10.0 Å². The number of piperidine rings is 1. The van der Waals surface area contributed by atoms with Gasteiger partial charge in [-0.05, 0) is 36.0 Å². The van der Waals surface area contributed by atoms with Gasteiger partial charge in [0.15, 0.2) is 0 Å². The van der Waals surface area contributed by atoms with Gasteiger partial charge in [0, 0.05) is 31.5 Å². The first kappa shape index (κ1) is 20.3. The van der Waals surface area contributed by atoms with Crippen LogP contribution in [0, 0.1) is 0 Å². The Morgan fingerprint density at radius 1 is 1.00 bits per heavy atom. The molecule has 1 amide bonds. The minimum Gasteiger partial charge on any atom is -0.343 e. The third-order valence-electron chi connectivity index (χ3n) is 5.00. The first-order valence-electron chi connectivity index (χ1n) is 9.59. The van der Waals surface area contributed by atoms with Crippen molar-refractivity contribution in [3.8, 4) is 0 Å². The van der Waals surface area contributed by atoms with Crippen molar-refractivity contribution in [1.29, 1.82) is 0 Å². The second-order valence-corrected chi connectivity index (χ2v) is 8.62. The smallest absolute Gasteiger partial charge is 0.233 e. The van der Waals surface area contributed by atoms with Crippen LogP contribution in [-0.4, -0.2) is 38.9 Å². The fourth-order valence-corrected chi connectivity index (χ4v) is 4.25. The van der Waals surface area contributed by atoms with Crippen molar-refractivity contribution in [2.24, 2.45) is 0 Å². The predicted molar refractivity (Wildman–Crippen MR) is 112 cm³/mol. The van der Waals surface area contributed by atoms with E-state index in [2.05, 4.69) is 16.9 Å². The molecule has 1 saturated heterocycles. The molecule has 0 atom stereocenters. The normalized spacial score (nSPS) is 15.8. The minimum absolute atomic E-state index is 0.00116. The Balaban J connectivity index is 1.41. The largest absolute Gasteiger partial charge is 0.343 e. The maximum atomic E-state index is 12.4. The SMILES string of the molecule is O=C(CCNS(=O)(=O)/C=C/c1ccccc1)N1CCC(c2ccccc2)CC1. The molecule has 6 heteroatoms. The average molecular weight is 399 g/mol. The third kappa shape index (κ3) is 6.04. The average Bonchev–Trinajstić information content (AvgIpc) is 2.74. The number of nitrogens with zero attached hydrogens (tertiary/aromatic N) is 1. The van der Waals surface area contributed by atoms with Gasteiger partial charge in [-0.3, -0.25) is 4.79 Å². The molecule has 2 aromatic carbocycles. The first-order chi connectivity index (χ1) is 13.5. The Kier molecular flexibility index (Phi) is 7.01. The lowest BCUT2D eigenvalue weighted by Gasteiger charge is -2.32. The van der Waals surface area contributed by atoms with Crippen LogP contribution in [0.1, 0.15) is 36.3 Å². The van der Waals surface area contributed by atoms with Gasteiger partial charge in [0.25, 0.3) is 0 Å². The summed E-state index contributed by atoms with van der Waals surface area (Å²) in [5.41, 5.74) is 2.14. The highest BCUT2D eigenvalue weighted by atomic mass is 32.2. The molecule has 0 spiro atoms. The van der Waals surface area contributed by atoms with Crippen molar-refractivity contribution in [2.45, 2.75) is 25.2 Å². The summed E-state index contributed by atoms with van der Waals surface area (Å²) in [7, 11) is -3.55. The van der Waals surface area contributed by atoms with Gasteiger partial charge in [-0.25, -0.2) is 13.1 Å². The second-order valence-electron chi connectivity index (χ2n) is 6.97. The summed E-state index contributed by atoms with van der Waals surface area (Å²) in [5, 5.41) is 1.14. The Morgan fingerprint density at radius 3 is 2.25 bits per heavy atom. The van der Waals surface area contributed by atoms with Crippen LogP contribution in [0.25, 0.3) is 6.08 Å². The molecule has 1 aliphatic rings. The summed E-state index contributed by atoms with van der Waals surface area (Å²) in [6.07, 6.45) is 3.61. The molecule has 28 heavy (non-hydrogen) atoms. The lowest BCUT2D eigenvalue weighted by atomic mass is 9.89. The molecule has 1 fully saturated rings. The number of carbonyl (C=O) groups excluding carboxylic acids is 1. The van der Waals surface area contributed by atoms with Crippen molar-refractivity contribution in [1.82, 2.24) is 9.62 Å². The van der Waals surface area contributed by atoms with Crippen LogP contribution in [0.3, 0.4) is 0 Å². The van der Waals surface area contributed by atoms with Crippen LogP contribution in [-0.2, 0) is 14.8 Å². The Labute approximate surface area is 167 Å². The first-order valence-corrected chi connectivity index (χ1v) is 11.1. The van der Waals surface area contributed by atoms with Gasteiger partial charge < -0.3 is 4.90 Å². The van der Waals surface area contributed by atoms with Crippen molar-refractivity contribution in [3.63, 3.8) is 0 Å². The van der Waals surface area contributed by atoms with Gasteiger partial charge in [-0.1, -0.05) is 60.7 Å². The van der Waals surface area contributed by atoms with E-state index in [0.29, 0.717) is 5.92 Å². The van der Waals surface area contributed by atoms with Crippen molar-refractivity contribution in [2.75, 3.05) is 19.6 Å². The molecule has 0 aliphatic carbocycles. The topological polar surface area (TPSA) is 66.5 Å². The van der Waals surface area contributed by atoms with E-state index in [1.54, 1.807) is 6.08 Å². The lowest BCUT2D eigenvalue weighted by molar-refractivity contribution is -0.132. The molecule has 5 nitrogen and oxygen atoms in total. The van der Waals surface area contributed by atoms with Crippen molar-refractivity contribution >= 4 is 22.0 Å². The van der Waals surface area contributed by atoms with E-state index in [1.165, 1.54) is 5.56 Å². The Morgan fingerprint density at radius 2 is 1.61 bits per heavy atom. The quantitative estimate of drug-likeness (QED) is 0.778. The zero-order valence-corrected chi connectivity index (χ0v) is 16.6. The van der Waals surface area contributed by atoms with E-state index in [9.17, 15) is 13.2 Å². The van der Waals surface area contributed by atoms with Gasteiger partial charge in [0.1, 0.15) is 0 Å². The molecule has 1 heterocycles. The molecule has 1 N–H and O–H groups in total. The Hall–Kier alpha value is -2.44. The summed E-state index contributed by atoms with van der Waals surface area (Å²) >= 11 is 0. The number of amides is 1. The molecule has 1 aliphatic heterocycles. The highest BCUT2D eigenvalue weighted by Gasteiger charge is 2.23. The van der Waals surface area contributed by atoms with E-state index in [4.69, 9.17) is 0 Å². The number of likely N-dealkylation sites (tertiary alicyclic amines) is 1. The number of rotatable bonds is 7. The molecular weight excluding hydrogens is 372 g/mol. The number of hydrogen-bond acceptors (Lipinski definition) is 3. The van der Waals surface area contributed by atoms with E-state index in [-0.39, 0.29) is 18.9 Å². The van der Waals surface area contributed by atoms with Crippen LogP contribution >= 0.6 is 0 Å². The standard InChI is InChI=1S/C22H26N2O3S/c25-22(24-16-12-21(13-17-24)20-9-5-2-6-10-20)11-15-23-28(26,27)18-14-19-7-3-1-4-8-19/h1-10,14,18,21,23H,11-13,15-17H2/b18-14+. The molecule has 2 aromatic rings.